The third-order valence-electron chi connectivity index (χ3n) is 5.46. The number of hydrogen-bond acceptors (Lipinski definition) is 6. The number of aromatic nitrogens is 1. The van der Waals surface area contributed by atoms with E-state index in [4.69, 9.17) is 9.47 Å². The first kappa shape index (κ1) is 21.2. The van der Waals surface area contributed by atoms with Gasteiger partial charge in [-0.25, -0.2) is 4.79 Å². The SMILES string of the molecule is CCOC(=O)c1cn2c(cc1=O)-c1cc(OC)c(O)c(Br)c1CN2C(C)(C)CC. The summed E-state index contributed by atoms with van der Waals surface area (Å²) in [5, 5.41) is 12.5. The molecule has 8 heteroatoms. The number of benzene rings is 1. The maximum absolute atomic E-state index is 12.7. The Morgan fingerprint density at radius 3 is 2.59 bits per heavy atom. The van der Waals surface area contributed by atoms with Crippen molar-refractivity contribution < 1.29 is 19.4 Å². The minimum Gasteiger partial charge on any atom is -0.503 e. The molecule has 0 bridgehead atoms. The zero-order valence-electron chi connectivity index (χ0n) is 17.2. The lowest BCUT2D eigenvalue weighted by Crippen LogP contribution is -2.52. The number of phenolic OH excluding ortho intramolecular Hbond substituents is 1. The van der Waals surface area contributed by atoms with E-state index in [1.165, 1.54) is 13.2 Å². The van der Waals surface area contributed by atoms with Gasteiger partial charge in [0.1, 0.15) is 5.56 Å². The van der Waals surface area contributed by atoms with Crippen molar-refractivity contribution in [1.82, 2.24) is 4.68 Å². The predicted molar refractivity (Wildman–Crippen MR) is 114 cm³/mol. The molecule has 1 aromatic heterocycles. The second kappa shape index (κ2) is 7.74. The highest BCUT2D eigenvalue weighted by molar-refractivity contribution is 9.10. The molecule has 0 atom stereocenters. The number of rotatable bonds is 5. The number of carbonyl (C=O) groups excluding carboxylic acids is 1. The molecule has 2 aromatic rings. The monoisotopic (exact) mass is 464 g/mol. The van der Waals surface area contributed by atoms with Gasteiger partial charge in [0.05, 0.1) is 36.0 Å². The number of fused-ring (bicyclic) bond motifs is 3. The second-order valence-corrected chi connectivity index (χ2v) is 8.29. The first-order chi connectivity index (χ1) is 13.7. The predicted octanol–water partition coefficient (Wildman–Crippen LogP) is 3.81. The Hall–Kier alpha value is -2.48. The van der Waals surface area contributed by atoms with Crippen LogP contribution in [0.2, 0.25) is 0 Å². The van der Waals surface area contributed by atoms with E-state index in [1.807, 2.05) is 4.68 Å². The summed E-state index contributed by atoms with van der Waals surface area (Å²) in [5.41, 5.74) is 1.49. The zero-order chi connectivity index (χ0) is 21.5. The number of ether oxygens (including phenoxy) is 2. The minimum absolute atomic E-state index is 0.0132. The van der Waals surface area contributed by atoms with E-state index in [0.29, 0.717) is 22.5 Å². The normalized spacial score (nSPS) is 13.0. The number of methoxy groups -OCH3 is 1. The van der Waals surface area contributed by atoms with Crippen molar-refractivity contribution in [1.29, 1.82) is 0 Å². The fraction of sp³-hybridized carbons (Fsp3) is 0.429. The van der Waals surface area contributed by atoms with Gasteiger partial charge in [0.15, 0.2) is 16.9 Å². The summed E-state index contributed by atoms with van der Waals surface area (Å²) >= 11 is 3.48. The molecule has 0 spiro atoms. The molecule has 3 rings (SSSR count). The van der Waals surface area contributed by atoms with Gasteiger partial charge in [-0.1, -0.05) is 6.92 Å². The van der Waals surface area contributed by atoms with Crippen LogP contribution in [0.3, 0.4) is 0 Å². The Labute approximate surface area is 178 Å². The quantitative estimate of drug-likeness (QED) is 0.677. The summed E-state index contributed by atoms with van der Waals surface area (Å²) in [6.45, 7) is 8.60. The molecule has 0 saturated carbocycles. The van der Waals surface area contributed by atoms with Crippen molar-refractivity contribution >= 4 is 21.9 Å². The number of pyridine rings is 1. The van der Waals surface area contributed by atoms with Crippen LogP contribution in [0.5, 0.6) is 11.5 Å². The van der Waals surface area contributed by atoms with Crippen molar-refractivity contribution in [3.63, 3.8) is 0 Å². The number of halogens is 1. The second-order valence-electron chi connectivity index (χ2n) is 7.49. The fourth-order valence-corrected chi connectivity index (χ4v) is 3.93. The summed E-state index contributed by atoms with van der Waals surface area (Å²) < 4.78 is 12.7. The molecule has 0 unspecified atom stereocenters. The summed E-state index contributed by atoms with van der Waals surface area (Å²) in [5.74, 6) is -0.330. The van der Waals surface area contributed by atoms with Gasteiger partial charge in [0.2, 0.25) is 0 Å². The van der Waals surface area contributed by atoms with Gasteiger partial charge in [-0.3, -0.25) is 9.47 Å². The van der Waals surface area contributed by atoms with Crippen LogP contribution in [0.4, 0.5) is 0 Å². The van der Waals surface area contributed by atoms with Crippen LogP contribution in [-0.4, -0.2) is 35.0 Å². The molecule has 1 aliphatic rings. The molecule has 29 heavy (non-hydrogen) atoms. The smallest absolute Gasteiger partial charge is 0.343 e. The average molecular weight is 465 g/mol. The van der Waals surface area contributed by atoms with Gasteiger partial charge in [-0.2, -0.15) is 0 Å². The molecule has 0 radical (unpaired) electrons. The zero-order valence-corrected chi connectivity index (χ0v) is 18.8. The van der Waals surface area contributed by atoms with E-state index >= 15 is 0 Å². The highest BCUT2D eigenvalue weighted by Gasteiger charge is 2.34. The molecule has 0 saturated heterocycles. The van der Waals surface area contributed by atoms with E-state index in [9.17, 15) is 14.7 Å². The van der Waals surface area contributed by atoms with Gasteiger partial charge < -0.3 is 19.6 Å². The number of phenols is 1. The Morgan fingerprint density at radius 1 is 1.31 bits per heavy atom. The average Bonchev–Trinajstić information content (AvgIpc) is 2.69. The summed E-state index contributed by atoms with van der Waals surface area (Å²) in [4.78, 5) is 25.0. The fourth-order valence-electron chi connectivity index (χ4n) is 3.40. The Balaban J connectivity index is 2.34. The lowest BCUT2D eigenvalue weighted by molar-refractivity contribution is 0.0523. The van der Waals surface area contributed by atoms with E-state index in [1.54, 1.807) is 19.2 Å². The standard InChI is InChI=1S/C21H25BrN2O5/c1-6-21(3,4)24-11-13-12(8-17(28-5)19(26)18(13)22)15-9-16(25)14(10-23(15)24)20(27)29-7-2/h8-10,26H,6-7,11H2,1-5H3. The van der Waals surface area contributed by atoms with Gasteiger partial charge in [0.25, 0.3) is 0 Å². The van der Waals surface area contributed by atoms with E-state index in [-0.39, 0.29) is 23.5 Å². The number of nitrogens with zero attached hydrogens (tertiary/aromatic N) is 2. The Morgan fingerprint density at radius 2 is 2.00 bits per heavy atom. The topological polar surface area (TPSA) is 81.0 Å². The van der Waals surface area contributed by atoms with Crippen LogP contribution in [0, 0.1) is 0 Å². The molecule has 1 N–H and O–H groups in total. The maximum atomic E-state index is 12.7. The molecule has 0 amide bonds. The van der Waals surface area contributed by atoms with Crippen LogP contribution in [-0.2, 0) is 11.3 Å². The molecule has 1 aromatic carbocycles. The summed E-state index contributed by atoms with van der Waals surface area (Å²) in [6, 6.07) is 3.15. The van der Waals surface area contributed by atoms with Crippen molar-refractivity contribution in [2.24, 2.45) is 0 Å². The van der Waals surface area contributed by atoms with Gasteiger partial charge in [-0.15, -0.1) is 0 Å². The maximum Gasteiger partial charge on any atom is 0.343 e. The van der Waals surface area contributed by atoms with Gasteiger partial charge in [-0.05, 0) is 49.2 Å². The Bertz CT molecular complexity index is 1030. The van der Waals surface area contributed by atoms with Gasteiger partial charge >= 0.3 is 5.97 Å². The largest absolute Gasteiger partial charge is 0.503 e. The van der Waals surface area contributed by atoms with Crippen molar-refractivity contribution in [2.45, 2.75) is 46.2 Å². The lowest BCUT2D eigenvalue weighted by atomic mass is 9.95. The van der Waals surface area contributed by atoms with Crippen LogP contribution < -0.4 is 15.2 Å². The van der Waals surface area contributed by atoms with Crippen molar-refractivity contribution in [2.75, 3.05) is 18.7 Å². The third kappa shape index (κ3) is 3.50. The minimum atomic E-state index is -0.641. The van der Waals surface area contributed by atoms with Crippen LogP contribution in [0.25, 0.3) is 11.3 Å². The molecule has 1 aliphatic heterocycles. The van der Waals surface area contributed by atoms with Crippen LogP contribution in [0.1, 0.15) is 50.0 Å². The summed E-state index contributed by atoms with van der Waals surface area (Å²) in [6.07, 6.45) is 2.37. The molecule has 0 aliphatic carbocycles. The number of carbonyl (C=O) groups is 1. The van der Waals surface area contributed by atoms with Gasteiger partial charge in [0, 0.05) is 23.4 Å². The summed E-state index contributed by atoms with van der Waals surface area (Å²) in [7, 11) is 1.47. The van der Waals surface area contributed by atoms with E-state index in [0.717, 1.165) is 17.5 Å². The Kier molecular flexibility index (Phi) is 5.67. The highest BCUT2D eigenvalue weighted by atomic mass is 79.9. The molecular weight excluding hydrogens is 440 g/mol. The molecular formula is C21H25BrN2O5. The van der Waals surface area contributed by atoms with E-state index in [2.05, 4.69) is 41.7 Å². The first-order valence-electron chi connectivity index (χ1n) is 9.46. The number of hydrogen-bond donors (Lipinski definition) is 1. The number of aromatic hydroxyl groups is 1. The first-order valence-corrected chi connectivity index (χ1v) is 10.3. The third-order valence-corrected chi connectivity index (χ3v) is 6.32. The van der Waals surface area contributed by atoms with E-state index < -0.39 is 11.4 Å². The highest BCUT2D eigenvalue weighted by Crippen LogP contribution is 2.45. The number of esters is 1. The molecule has 0 fully saturated rings. The molecule has 2 heterocycles. The lowest BCUT2D eigenvalue weighted by Gasteiger charge is -2.45. The van der Waals surface area contributed by atoms with Crippen LogP contribution in [0.15, 0.2) is 27.6 Å². The van der Waals surface area contributed by atoms with Crippen molar-refractivity contribution in [3.8, 4) is 22.8 Å². The van der Waals surface area contributed by atoms with Crippen LogP contribution >= 0.6 is 15.9 Å². The van der Waals surface area contributed by atoms with Crippen molar-refractivity contribution in [3.05, 3.63) is 44.2 Å². The molecule has 7 nitrogen and oxygen atoms in total. The molecule has 156 valence electrons.